The van der Waals surface area contributed by atoms with E-state index in [-0.39, 0.29) is 5.57 Å². The topological polar surface area (TPSA) is 77.8 Å². The van der Waals surface area contributed by atoms with Crippen molar-refractivity contribution in [1.82, 2.24) is 9.80 Å². The van der Waals surface area contributed by atoms with Gasteiger partial charge in [-0.3, -0.25) is 9.69 Å². The Morgan fingerprint density at radius 3 is 2.56 bits per heavy atom. The SMILES string of the molecule is COc1ccccc1NC(=O)C1=C(C)N(C)C(S)=C(C#N)C1(c1ccc(Cl)cc1Cl)N1CCOCC1. The van der Waals surface area contributed by atoms with Crippen LogP contribution < -0.4 is 10.1 Å². The number of thiol groups is 1. The molecule has 2 aliphatic rings. The first-order chi connectivity index (χ1) is 17.3. The highest BCUT2D eigenvalue weighted by Gasteiger charge is 2.54. The van der Waals surface area contributed by atoms with Gasteiger partial charge in [-0.1, -0.05) is 41.4 Å². The summed E-state index contributed by atoms with van der Waals surface area (Å²) < 4.78 is 11.1. The number of morpholine rings is 1. The average Bonchev–Trinajstić information content (AvgIpc) is 2.88. The summed E-state index contributed by atoms with van der Waals surface area (Å²) in [6.07, 6.45) is 0. The number of nitriles is 1. The molecule has 36 heavy (non-hydrogen) atoms. The normalized spacial score (nSPS) is 20.9. The van der Waals surface area contributed by atoms with E-state index in [2.05, 4.69) is 16.3 Å². The molecule has 0 aliphatic carbocycles. The molecule has 2 aromatic rings. The molecule has 0 bridgehead atoms. The second-order valence-electron chi connectivity index (χ2n) is 8.42. The van der Waals surface area contributed by atoms with E-state index in [1.807, 2.05) is 19.1 Å². The molecule has 1 unspecified atom stereocenters. The Labute approximate surface area is 226 Å². The fraction of sp³-hybridized carbons (Fsp3) is 0.308. The summed E-state index contributed by atoms with van der Waals surface area (Å²) >= 11 is 17.8. The van der Waals surface area contributed by atoms with Gasteiger partial charge in [0.05, 0.1) is 42.2 Å². The molecule has 2 aliphatic heterocycles. The molecule has 1 saturated heterocycles. The van der Waals surface area contributed by atoms with E-state index in [4.69, 9.17) is 45.3 Å². The van der Waals surface area contributed by atoms with E-state index < -0.39 is 11.4 Å². The number of carbonyl (C=O) groups is 1. The number of ether oxygens (including phenoxy) is 2. The predicted octanol–water partition coefficient (Wildman–Crippen LogP) is 5.05. The van der Waals surface area contributed by atoms with Gasteiger partial charge in [-0.05, 0) is 31.2 Å². The second kappa shape index (κ2) is 10.8. The predicted molar refractivity (Wildman–Crippen MR) is 144 cm³/mol. The fourth-order valence-electron chi connectivity index (χ4n) is 4.87. The lowest BCUT2D eigenvalue weighted by Gasteiger charge is -2.50. The van der Waals surface area contributed by atoms with Crippen LogP contribution in [0.4, 0.5) is 5.69 Å². The molecule has 7 nitrogen and oxygen atoms in total. The van der Waals surface area contributed by atoms with Crippen LogP contribution in [0.3, 0.4) is 0 Å². The highest BCUT2D eigenvalue weighted by molar-refractivity contribution is 7.84. The number of hydrogen-bond acceptors (Lipinski definition) is 7. The molecule has 1 N–H and O–H groups in total. The standard InChI is InChI=1S/C26H26Cl2N4O3S/c1-16-23(24(33)30-21-6-4-5-7-22(21)34-3)26(32-10-12-35-13-11-32,19(15-29)25(36)31(16)2)18-9-8-17(27)14-20(18)28/h4-9,14,36H,10-13H2,1-3H3,(H,30,33). The van der Waals surface area contributed by atoms with Gasteiger partial charge in [0.15, 0.2) is 0 Å². The van der Waals surface area contributed by atoms with Crippen LogP contribution in [0.25, 0.3) is 0 Å². The zero-order valence-electron chi connectivity index (χ0n) is 20.1. The highest BCUT2D eigenvalue weighted by atomic mass is 35.5. The number of rotatable bonds is 5. The number of methoxy groups -OCH3 is 1. The Hall–Kier alpha value is -2.67. The number of nitrogens with zero attached hydrogens (tertiary/aromatic N) is 3. The van der Waals surface area contributed by atoms with Crippen LogP contribution in [-0.2, 0) is 15.1 Å². The van der Waals surface area contributed by atoms with Gasteiger partial charge >= 0.3 is 0 Å². The van der Waals surface area contributed by atoms with E-state index in [9.17, 15) is 10.1 Å². The molecule has 10 heteroatoms. The Bertz CT molecular complexity index is 1300. The number of anilines is 1. The lowest BCUT2D eigenvalue weighted by molar-refractivity contribution is -0.115. The summed E-state index contributed by atoms with van der Waals surface area (Å²) in [5, 5.41) is 14.7. The first kappa shape index (κ1) is 26.4. The summed E-state index contributed by atoms with van der Waals surface area (Å²) in [4.78, 5) is 18.0. The lowest BCUT2D eigenvalue weighted by atomic mass is 9.72. The number of benzene rings is 2. The first-order valence-electron chi connectivity index (χ1n) is 11.3. The third-order valence-electron chi connectivity index (χ3n) is 6.63. The van der Waals surface area contributed by atoms with Crippen molar-refractivity contribution >= 4 is 47.4 Å². The number of para-hydroxylation sites is 2. The van der Waals surface area contributed by atoms with Gasteiger partial charge in [0.25, 0.3) is 5.91 Å². The van der Waals surface area contributed by atoms with Gasteiger partial charge in [0.2, 0.25) is 0 Å². The first-order valence-corrected chi connectivity index (χ1v) is 12.5. The van der Waals surface area contributed by atoms with Gasteiger partial charge < -0.3 is 19.7 Å². The Morgan fingerprint density at radius 2 is 1.92 bits per heavy atom. The molecule has 0 aromatic heterocycles. The molecule has 1 amide bonds. The van der Waals surface area contributed by atoms with Crippen LogP contribution in [-0.4, -0.2) is 56.2 Å². The molecule has 2 heterocycles. The minimum atomic E-state index is -1.33. The summed E-state index contributed by atoms with van der Waals surface area (Å²) in [5.74, 6) is 0.121. The number of halogens is 2. The van der Waals surface area contributed by atoms with Crippen molar-refractivity contribution in [3.63, 3.8) is 0 Å². The highest BCUT2D eigenvalue weighted by Crippen LogP contribution is 2.52. The van der Waals surface area contributed by atoms with Crippen LogP contribution in [0, 0.1) is 11.3 Å². The van der Waals surface area contributed by atoms with E-state index in [0.29, 0.717) is 69.6 Å². The van der Waals surface area contributed by atoms with Crippen LogP contribution in [0.5, 0.6) is 5.75 Å². The summed E-state index contributed by atoms with van der Waals surface area (Å²) in [7, 11) is 3.32. The third kappa shape index (κ3) is 4.36. The number of allylic oxidation sites excluding steroid dienone is 1. The fourth-order valence-corrected chi connectivity index (χ4v) is 5.78. The maximum atomic E-state index is 14.2. The van der Waals surface area contributed by atoms with Crippen molar-refractivity contribution < 1.29 is 14.3 Å². The maximum absolute atomic E-state index is 14.2. The van der Waals surface area contributed by atoms with E-state index >= 15 is 0 Å². The van der Waals surface area contributed by atoms with Crippen molar-refractivity contribution in [2.45, 2.75) is 12.5 Å². The number of carbonyl (C=O) groups excluding carboxylic acids is 1. The summed E-state index contributed by atoms with van der Waals surface area (Å²) in [5.41, 5.74) is 1.01. The molecular formula is C26H26Cl2N4O3S. The zero-order chi connectivity index (χ0) is 26.0. The molecule has 2 aromatic carbocycles. The Kier molecular flexibility index (Phi) is 7.88. The number of hydrogen-bond donors (Lipinski definition) is 2. The number of nitrogens with one attached hydrogen (secondary N) is 1. The Morgan fingerprint density at radius 1 is 1.22 bits per heavy atom. The number of amides is 1. The molecule has 1 fully saturated rings. The van der Waals surface area contributed by atoms with Crippen molar-refractivity contribution in [3.05, 3.63) is 79.9 Å². The van der Waals surface area contributed by atoms with Gasteiger partial charge in [0, 0.05) is 41.4 Å². The van der Waals surface area contributed by atoms with Crippen LogP contribution in [0.15, 0.2) is 64.3 Å². The van der Waals surface area contributed by atoms with Gasteiger partial charge in [-0.25, -0.2) is 0 Å². The monoisotopic (exact) mass is 544 g/mol. The minimum absolute atomic E-state index is 0.287. The van der Waals surface area contributed by atoms with Crippen molar-refractivity contribution in [3.8, 4) is 11.8 Å². The summed E-state index contributed by atoms with van der Waals surface area (Å²) in [6.45, 7) is 3.63. The van der Waals surface area contributed by atoms with Crippen LogP contribution in [0.1, 0.15) is 12.5 Å². The van der Waals surface area contributed by atoms with E-state index in [0.717, 1.165) is 0 Å². The lowest BCUT2D eigenvalue weighted by Crippen LogP contribution is -2.58. The van der Waals surface area contributed by atoms with E-state index in [1.54, 1.807) is 49.4 Å². The minimum Gasteiger partial charge on any atom is -0.495 e. The van der Waals surface area contributed by atoms with Gasteiger partial charge in [0.1, 0.15) is 17.4 Å². The second-order valence-corrected chi connectivity index (χ2v) is 9.69. The van der Waals surface area contributed by atoms with Gasteiger partial charge in [-0.2, -0.15) is 5.26 Å². The zero-order valence-corrected chi connectivity index (χ0v) is 22.5. The van der Waals surface area contributed by atoms with Crippen molar-refractivity contribution in [1.29, 1.82) is 5.26 Å². The molecule has 0 radical (unpaired) electrons. The Balaban J connectivity index is 2.03. The smallest absolute Gasteiger partial charge is 0.256 e. The molecule has 188 valence electrons. The van der Waals surface area contributed by atoms with Crippen molar-refractivity contribution in [2.24, 2.45) is 0 Å². The molecule has 0 spiro atoms. The van der Waals surface area contributed by atoms with Crippen molar-refractivity contribution in [2.75, 3.05) is 45.8 Å². The molecular weight excluding hydrogens is 519 g/mol. The van der Waals surface area contributed by atoms with Crippen LogP contribution in [0.2, 0.25) is 10.0 Å². The third-order valence-corrected chi connectivity index (χ3v) is 7.70. The quantitative estimate of drug-likeness (QED) is 0.512. The summed E-state index contributed by atoms with van der Waals surface area (Å²) in [6, 6.07) is 14.6. The molecule has 4 rings (SSSR count). The maximum Gasteiger partial charge on any atom is 0.256 e. The van der Waals surface area contributed by atoms with Crippen LogP contribution >= 0.6 is 35.8 Å². The molecule has 0 saturated carbocycles. The van der Waals surface area contributed by atoms with E-state index in [1.165, 1.54) is 0 Å². The van der Waals surface area contributed by atoms with Gasteiger partial charge in [-0.15, -0.1) is 12.6 Å². The average molecular weight is 545 g/mol. The molecule has 1 atom stereocenters. The largest absolute Gasteiger partial charge is 0.495 e.